The first-order chi connectivity index (χ1) is 12.1. The van der Waals surface area contributed by atoms with Gasteiger partial charge >= 0.3 is 0 Å². The molecule has 25 heavy (non-hydrogen) atoms. The lowest BCUT2D eigenvalue weighted by Gasteiger charge is -2.05. The molecule has 1 aliphatic rings. The molecular formula is C19H17N3O2S. The Labute approximate surface area is 149 Å². The molecule has 0 fully saturated rings. The number of nitrogens with one attached hydrogen (secondary N) is 2. The molecule has 0 saturated carbocycles. The van der Waals surface area contributed by atoms with Gasteiger partial charge in [0.05, 0.1) is 18.7 Å². The van der Waals surface area contributed by atoms with Crippen LogP contribution in [0.25, 0.3) is 11.3 Å². The summed E-state index contributed by atoms with van der Waals surface area (Å²) in [7, 11) is 1.65. The molecule has 0 spiro atoms. The number of benzene rings is 2. The Morgan fingerprint density at radius 2 is 2.00 bits per heavy atom. The minimum atomic E-state index is -0.120. The Balaban J connectivity index is 1.56. The summed E-state index contributed by atoms with van der Waals surface area (Å²) in [5, 5.41) is 9.03. The summed E-state index contributed by atoms with van der Waals surface area (Å²) in [4.78, 5) is 16.4. The van der Waals surface area contributed by atoms with Crippen LogP contribution in [0.2, 0.25) is 0 Å². The highest BCUT2D eigenvalue weighted by atomic mass is 32.1. The normalized spacial score (nSPS) is 15.6. The third-order valence-corrected chi connectivity index (χ3v) is 5.07. The van der Waals surface area contributed by atoms with Crippen molar-refractivity contribution in [2.24, 2.45) is 0 Å². The predicted molar refractivity (Wildman–Crippen MR) is 101 cm³/mol. The van der Waals surface area contributed by atoms with E-state index in [9.17, 15) is 4.79 Å². The van der Waals surface area contributed by atoms with Crippen molar-refractivity contribution >= 4 is 33.8 Å². The summed E-state index contributed by atoms with van der Waals surface area (Å²) in [5.74, 6) is 0.749. The second-order valence-electron chi connectivity index (χ2n) is 5.90. The fourth-order valence-corrected chi connectivity index (χ4v) is 3.58. The molecule has 2 aromatic carbocycles. The van der Waals surface area contributed by atoms with Gasteiger partial charge in [0.1, 0.15) is 5.75 Å². The highest BCUT2D eigenvalue weighted by Crippen LogP contribution is 2.36. The second kappa shape index (κ2) is 6.22. The van der Waals surface area contributed by atoms with Crippen molar-refractivity contribution in [3.63, 3.8) is 0 Å². The van der Waals surface area contributed by atoms with Gasteiger partial charge in [-0.1, -0.05) is 6.07 Å². The largest absolute Gasteiger partial charge is 0.497 e. The lowest BCUT2D eigenvalue weighted by atomic mass is 10.00. The fourth-order valence-electron chi connectivity index (χ4n) is 2.84. The van der Waals surface area contributed by atoms with Crippen molar-refractivity contribution in [2.75, 3.05) is 17.7 Å². The molecule has 2 heterocycles. The second-order valence-corrected chi connectivity index (χ2v) is 6.76. The molecule has 6 heteroatoms. The quantitative estimate of drug-likeness (QED) is 0.720. The molecule has 1 aliphatic heterocycles. The monoisotopic (exact) mass is 351 g/mol. The van der Waals surface area contributed by atoms with Crippen LogP contribution in [0.15, 0.2) is 47.8 Å². The Bertz CT molecular complexity index is 934. The third-order valence-electron chi connectivity index (χ3n) is 4.31. The van der Waals surface area contributed by atoms with Gasteiger partial charge in [-0.05, 0) is 48.9 Å². The Morgan fingerprint density at radius 1 is 1.20 bits per heavy atom. The molecule has 0 bridgehead atoms. The first kappa shape index (κ1) is 15.7. The van der Waals surface area contributed by atoms with Gasteiger partial charge in [-0.3, -0.25) is 4.79 Å². The van der Waals surface area contributed by atoms with Crippen LogP contribution in [0.5, 0.6) is 5.75 Å². The van der Waals surface area contributed by atoms with Gasteiger partial charge in [0.25, 0.3) is 0 Å². The number of carbonyl (C=O) groups is 1. The van der Waals surface area contributed by atoms with Crippen molar-refractivity contribution in [3.05, 3.63) is 53.4 Å². The van der Waals surface area contributed by atoms with Crippen LogP contribution in [-0.2, 0) is 4.79 Å². The molecular weight excluding hydrogens is 334 g/mol. The summed E-state index contributed by atoms with van der Waals surface area (Å²) in [6, 6.07) is 13.7. The number of hydrogen-bond acceptors (Lipinski definition) is 5. The van der Waals surface area contributed by atoms with E-state index in [0.29, 0.717) is 0 Å². The summed E-state index contributed by atoms with van der Waals surface area (Å²) in [5.41, 5.74) is 4.80. The van der Waals surface area contributed by atoms with Crippen LogP contribution < -0.4 is 15.4 Å². The van der Waals surface area contributed by atoms with E-state index in [0.717, 1.165) is 39.1 Å². The third kappa shape index (κ3) is 2.96. The number of rotatable bonds is 4. The SMILES string of the molecule is COc1ccc(Nc2nc(-c3ccc4c(c3)[C@@H](C)C(=O)N4)cs2)cc1. The smallest absolute Gasteiger partial charge is 0.231 e. The van der Waals surface area contributed by atoms with E-state index >= 15 is 0 Å². The van der Waals surface area contributed by atoms with Gasteiger partial charge < -0.3 is 15.4 Å². The number of fused-ring (bicyclic) bond motifs is 1. The minimum Gasteiger partial charge on any atom is -0.497 e. The zero-order chi connectivity index (χ0) is 17.4. The number of anilines is 3. The predicted octanol–water partition coefficient (Wildman–Crippen LogP) is 4.62. The average molecular weight is 351 g/mol. The maximum atomic E-state index is 11.8. The molecule has 4 rings (SSSR count). The molecule has 126 valence electrons. The van der Waals surface area contributed by atoms with Crippen molar-refractivity contribution in [3.8, 4) is 17.0 Å². The van der Waals surface area contributed by atoms with Crippen molar-refractivity contribution in [2.45, 2.75) is 12.8 Å². The number of amides is 1. The van der Waals surface area contributed by atoms with E-state index in [4.69, 9.17) is 4.74 Å². The van der Waals surface area contributed by atoms with Crippen molar-refractivity contribution < 1.29 is 9.53 Å². The van der Waals surface area contributed by atoms with Crippen LogP contribution in [-0.4, -0.2) is 18.0 Å². The van der Waals surface area contributed by atoms with E-state index < -0.39 is 0 Å². The molecule has 1 amide bonds. The first-order valence-electron chi connectivity index (χ1n) is 7.96. The van der Waals surface area contributed by atoms with E-state index in [1.807, 2.05) is 54.8 Å². The molecule has 0 aliphatic carbocycles. The van der Waals surface area contributed by atoms with Gasteiger partial charge in [0, 0.05) is 22.3 Å². The fraction of sp³-hybridized carbons (Fsp3) is 0.158. The van der Waals surface area contributed by atoms with Crippen molar-refractivity contribution in [1.29, 1.82) is 0 Å². The van der Waals surface area contributed by atoms with E-state index in [1.165, 1.54) is 0 Å². The molecule has 5 nitrogen and oxygen atoms in total. The standard InChI is InChI=1S/C19H17N3O2S/c1-11-15-9-12(3-8-16(15)21-18(11)23)17-10-25-19(22-17)20-13-4-6-14(24-2)7-5-13/h3-11H,1-2H3,(H,20,22)(H,21,23)/t11-/m1/s1. The number of aromatic nitrogens is 1. The topological polar surface area (TPSA) is 63.2 Å². The lowest BCUT2D eigenvalue weighted by Crippen LogP contribution is -2.08. The average Bonchev–Trinajstić information content (AvgIpc) is 3.21. The van der Waals surface area contributed by atoms with Crippen LogP contribution in [0.3, 0.4) is 0 Å². The molecule has 0 saturated heterocycles. The molecule has 1 atom stereocenters. The zero-order valence-corrected chi connectivity index (χ0v) is 14.7. The van der Waals surface area contributed by atoms with Crippen LogP contribution >= 0.6 is 11.3 Å². The first-order valence-corrected chi connectivity index (χ1v) is 8.84. The summed E-state index contributed by atoms with van der Waals surface area (Å²) in [6.45, 7) is 1.92. The van der Waals surface area contributed by atoms with Gasteiger partial charge in [-0.25, -0.2) is 4.98 Å². The maximum Gasteiger partial charge on any atom is 0.231 e. The van der Waals surface area contributed by atoms with Gasteiger partial charge in [0.15, 0.2) is 5.13 Å². The van der Waals surface area contributed by atoms with Gasteiger partial charge in [-0.2, -0.15) is 0 Å². The summed E-state index contributed by atoms with van der Waals surface area (Å²) >= 11 is 1.55. The van der Waals surface area contributed by atoms with Crippen LogP contribution in [0.4, 0.5) is 16.5 Å². The number of methoxy groups -OCH3 is 1. The molecule has 2 N–H and O–H groups in total. The van der Waals surface area contributed by atoms with E-state index in [2.05, 4.69) is 15.6 Å². The molecule has 0 unspecified atom stereocenters. The van der Waals surface area contributed by atoms with Crippen LogP contribution in [0.1, 0.15) is 18.4 Å². The Morgan fingerprint density at radius 3 is 2.76 bits per heavy atom. The number of carbonyl (C=O) groups excluding carboxylic acids is 1. The Kier molecular flexibility index (Phi) is 3.89. The molecule has 0 radical (unpaired) electrons. The van der Waals surface area contributed by atoms with Gasteiger partial charge in [0.2, 0.25) is 5.91 Å². The number of thiazole rings is 1. The highest BCUT2D eigenvalue weighted by molar-refractivity contribution is 7.14. The highest BCUT2D eigenvalue weighted by Gasteiger charge is 2.26. The molecule has 3 aromatic rings. The van der Waals surface area contributed by atoms with Crippen LogP contribution in [0, 0.1) is 0 Å². The van der Waals surface area contributed by atoms with E-state index in [1.54, 1.807) is 18.4 Å². The number of ether oxygens (including phenoxy) is 1. The maximum absolute atomic E-state index is 11.8. The van der Waals surface area contributed by atoms with Crippen molar-refractivity contribution in [1.82, 2.24) is 4.98 Å². The molecule has 1 aromatic heterocycles. The van der Waals surface area contributed by atoms with E-state index in [-0.39, 0.29) is 11.8 Å². The minimum absolute atomic E-state index is 0.0484. The lowest BCUT2D eigenvalue weighted by molar-refractivity contribution is -0.116. The summed E-state index contributed by atoms with van der Waals surface area (Å²) < 4.78 is 5.16. The Hall–Kier alpha value is -2.86. The summed E-state index contributed by atoms with van der Waals surface area (Å²) in [6.07, 6.45) is 0. The number of nitrogens with zero attached hydrogens (tertiary/aromatic N) is 1. The zero-order valence-electron chi connectivity index (χ0n) is 13.9. The van der Waals surface area contributed by atoms with Gasteiger partial charge in [-0.15, -0.1) is 11.3 Å². The number of hydrogen-bond donors (Lipinski definition) is 2.